The van der Waals surface area contributed by atoms with Gasteiger partial charge in [-0.3, -0.25) is 0 Å². The van der Waals surface area contributed by atoms with E-state index in [0.29, 0.717) is 24.5 Å². The Hall–Kier alpha value is -1.29. The maximum absolute atomic E-state index is 9.01. The molecule has 1 rings (SSSR count). The fourth-order valence-electron chi connectivity index (χ4n) is 0.965. The maximum atomic E-state index is 9.01. The topological polar surface area (TPSA) is 71.2 Å². The van der Waals surface area contributed by atoms with Gasteiger partial charge >= 0.3 is 0 Å². The van der Waals surface area contributed by atoms with E-state index in [4.69, 9.17) is 10.8 Å². The second-order valence-corrected chi connectivity index (χ2v) is 3.01. The van der Waals surface area contributed by atoms with Gasteiger partial charge in [0.25, 0.3) is 0 Å². The minimum Gasteiger partial charge on any atom is -0.396 e. The van der Waals surface area contributed by atoms with E-state index in [1.807, 2.05) is 0 Å². The summed E-state index contributed by atoms with van der Waals surface area (Å²) in [6.07, 6.45) is 2.08. The van der Waals surface area contributed by atoms with E-state index < -0.39 is 0 Å². The maximum Gasteiger partial charge on any atom is 0.149 e. The second kappa shape index (κ2) is 4.67. The lowest BCUT2D eigenvalue weighted by Crippen LogP contribution is -2.11. The number of nitrogens with two attached hydrogens (primary N) is 1. The number of nitrogens with zero attached hydrogens (tertiary/aromatic N) is 1. The molecule has 1 aromatic rings. The second-order valence-electron chi connectivity index (χ2n) is 3.01. The number of aliphatic hydroxyl groups is 1. The lowest BCUT2D eigenvalue weighted by molar-refractivity contribution is 0.188. The lowest BCUT2D eigenvalue weighted by atomic mass is 10.3. The van der Waals surface area contributed by atoms with E-state index in [2.05, 4.69) is 10.3 Å². The fourth-order valence-corrected chi connectivity index (χ4v) is 0.965. The molecule has 1 heterocycles. The first-order valence-electron chi connectivity index (χ1n) is 4.32. The summed E-state index contributed by atoms with van der Waals surface area (Å²) >= 11 is 0. The molecule has 13 heavy (non-hydrogen) atoms. The van der Waals surface area contributed by atoms with Crippen molar-refractivity contribution in [3.05, 3.63) is 18.3 Å². The lowest BCUT2D eigenvalue weighted by Gasteiger charge is -2.08. The first kappa shape index (κ1) is 9.80. The van der Waals surface area contributed by atoms with E-state index in [1.165, 1.54) is 0 Å². The molecule has 0 saturated heterocycles. The van der Waals surface area contributed by atoms with Gasteiger partial charge in [0.1, 0.15) is 5.82 Å². The molecule has 0 aliphatic carbocycles. The largest absolute Gasteiger partial charge is 0.396 e. The molecule has 4 nitrogen and oxygen atoms in total. The molecule has 0 bridgehead atoms. The van der Waals surface area contributed by atoms with Crippen LogP contribution >= 0.6 is 0 Å². The van der Waals surface area contributed by atoms with Crippen LogP contribution in [0.4, 0.5) is 11.5 Å². The summed E-state index contributed by atoms with van der Waals surface area (Å²) in [6, 6.07) is 3.58. The van der Waals surface area contributed by atoms with Crippen molar-refractivity contribution in [2.75, 3.05) is 17.6 Å². The van der Waals surface area contributed by atoms with Crippen LogP contribution in [0.1, 0.15) is 13.3 Å². The molecule has 0 aromatic carbocycles. The van der Waals surface area contributed by atoms with Crippen molar-refractivity contribution >= 4 is 11.5 Å². The Morgan fingerprint density at radius 2 is 2.46 bits per heavy atom. The predicted molar refractivity (Wildman–Crippen MR) is 53.4 cm³/mol. The number of nitrogens with one attached hydrogen (secondary N) is 1. The van der Waals surface area contributed by atoms with Gasteiger partial charge in [-0.25, -0.2) is 4.98 Å². The highest BCUT2D eigenvalue weighted by molar-refractivity contribution is 5.60. The summed E-state index contributed by atoms with van der Waals surface area (Å²) < 4.78 is 0. The quantitative estimate of drug-likeness (QED) is 0.644. The van der Waals surface area contributed by atoms with E-state index in [0.717, 1.165) is 0 Å². The van der Waals surface area contributed by atoms with Gasteiger partial charge < -0.3 is 16.2 Å². The third kappa shape index (κ3) is 3.29. The van der Waals surface area contributed by atoms with Crippen molar-refractivity contribution in [3.8, 4) is 0 Å². The molecule has 0 aliphatic heterocycles. The van der Waals surface area contributed by atoms with Crippen LogP contribution < -0.4 is 11.1 Å². The number of rotatable bonds is 4. The standard InChI is InChI=1S/C9H15N3O/c1-7(13)4-6-12-9-8(10)3-2-5-11-9/h2-3,5,7,13H,4,6,10H2,1H3,(H,11,12). The highest BCUT2D eigenvalue weighted by Crippen LogP contribution is 2.12. The number of aliphatic hydroxyl groups excluding tert-OH is 1. The number of aromatic nitrogens is 1. The van der Waals surface area contributed by atoms with Gasteiger partial charge in [0, 0.05) is 12.7 Å². The molecule has 0 amide bonds. The molecule has 4 N–H and O–H groups in total. The number of hydrogen-bond acceptors (Lipinski definition) is 4. The fraction of sp³-hybridized carbons (Fsp3) is 0.444. The van der Waals surface area contributed by atoms with Crippen molar-refractivity contribution < 1.29 is 5.11 Å². The Morgan fingerprint density at radius 3 is 3.08 bits per heavy atom. The first-order valence-corrected chi connectivity index (χ1v) is 4.32. The van der Waals surface area contributed by atoms with Gasteiger partial charge in [-0.2, -0.15) is 0 Å². The molecular weight excluding hydrogens is 166 g/mol. The number of hydrogen-bond donors (Lipinski definition) is 3. The molecular formula is C9H15N3O. The van der Waals surface area contributed by atoms with Crippen molar-refractivity contribution in [2.24, 2.45) is 0 Å². The van der Waals surface area contributed by atoms with Crippen molar-refractivity contribution in [3.63, 3.8) is 0 Å². The summed E-state index contributed by atoms with van der Waals surface area (Å²) in [5.74, 6) is 0.683. The Balaban J connectivity index is 2.41. The SMILES string of the molecule is CC(O)CCNc1ncccc1N. The minimum absolute atomic E-state index is 0.294. The summed E-state index contributed by atoms with van der Waals surface area (Å²) in [5.41, 5.74) is 6.28. The van der Waals surface area contributed by atoms with Crippen molar-refractivity contribution in [1.29, 1.82) is 0 Å². The average Bonchev–Trinajstić information content (AvgIpc) is 2.08. The molecule has 0 fully saturated rings. The van der Waals surface area contributed by atoms with Crippen molar-refractivity contribution in [1.82, 2.24) is 4.98 Å². The Labute approximate surface area is 77.8 Å². The number of nitrogen functional groups attached to an aromatic ring is 1. The van der Waals surface area contributed by atoms with Crippen LogP contribution in [-0.4, -0.2) is 22.7 Å². The van der Waals surface area contributed by atoms with Gasteiger partial charge in [0.15, 0.2) is 0 Å². The number of anilines is 2. The van der Waals surface area contributed by atoms with Crippen LogP contribution in [0.2, 0.25) is 0 Å². The number of pyridine rings is 1. The van der Waals surface area contributed by atoms with Gasteiger partial charge in [0.05, 0.1) is 11.8 Å². The smallest absolute Gasteiger partial charge is 0.149 e. The van der Waals surface area contributed by atoms with Crippen LogP contribution in [0.25, 0.3) is 0 Å². The third-order valence-corrected chi connectivity index (χ3v) is 1.69. The molecule has 0 radical (unpaired) electrons. The Kier molecular flexibility index (Phi) is 3.52. The average molecular weight is 181 g/mol. The molecule has 0 saturated carbocycles. The molecule has 0 spiro atoms. The summed E-state index contributed by atoms with van der Waals surface area (Å²) in [7, 11) is 0. The zero-order valence-electron chi connectivity index (χ0n) is 7.70. The van der Waals surface area contributed by atoms with Crippen LogP contribution in [-0.2, 0) is 0 Å². The summed E-state index contributed by atoms with van der Waals surface area (Å²) in [4.78, 5) is 4.06. The zero-order chi connectivity index (χ0) is 9.68. The van der Waals surface area contributed by atoms with Gasteiger partial charge in [-0.1, -0.05) is 0 Å². The zero-order valence-corrected chi connectivity index (χ0v) is 7.70. The first-order chi connectivity index (χ1) is 6.20. The molecule has 1 atom stereocenters. The molecule has 1 aromatic heterocycles. The highest BCUT2D eigenvalue weighted by atomic mass is 16.3. The normalized spacial score (nSPS) is 12.5. The Morgan fingerprint density at radius 1 is 1.69 bits per heavy atom. The summed E-state index contributed by atoms with van der Waals surface area (Å²) in [5, 5.41) is 12.1. The van der Waals surface area contributed by atoms with E-state index in [9.17, 15) is 0 Å². The summed E-state index contributed by atoms with van der Waals surface area (Å²) in [6.45, 7) is 2.43. The van der Waals surface area contributed by atoms with E-state index in [1.54, 1.807) is 25.3 Å². The molecule has 4 heteroatoms. The van der Waals surface area contributed by atoms with E-state index >= 15 is 0 Å². The van der Waals surface area contributed by atoms with Crippen molar-refractivity contribution in [2.45, 2.75) is 19.4 Å². The van der Waals surface area contributed by atoms with Gasteiger partial charge in [0.2, 0.25) is 0 Å². The molecule has 0 aliphatic rings. The predicted octanol–water partition coefficient (Wildman–Crippen LogP) is 0.847. The molecule has 72 valence electrons. The van der Waals surface area contributed by atoms with Crippen LogP contribution in [0.5, 0.6) is 0 Å². The van der Waals surface area contributed by atoms with Crippen LogP contribution in [0, 0.1) is 0 Å². The minimum atomic E-state index is -0.294. The van der Waals surface area contributed by atoms with E-state index in [-0.39, 0.29) is 6.10 Å². The monoisotopic (exact) mass is 181 g/mol. The van der Waals surface area contributed by atoms with Gasteiger partial charge in [-0.05, 0) is 25.5 Å². The third-order valence-electron chi connectivity index (χ3n) is 1.69. The molecule has 1 unspecified atom stereocenters. The Bertz CT molecular complexity index is 263. The van der Waals surface area contributed by atoms with Crippen LogP contribution in [0.15, 0.2) is 18.3 Å². The van der Waals surface area contributed by atoms with Crippen LogP contribution in [0.3, 0.4) is 0 Å². The highest BCUT2D eigenvalue weighted by Gasteiger charge is 1.99. The van der Waals surface area contributed by atoms with Gasteiger partial charge in [-0.15, -0.1) is 0 Å².